The van der Waals surface area contributed by atoms with E-state index in [1.165, 1.54) is 0 Å². The number of carbonyl (C=O) groups is 2. The number of hydrogen-bond donors (Lipinski definition) is 1. The molecule has 0 aromatic heterocycles. The molecule has 0 bridgehead atoms. The van der Waals surface area contributed by atoms with Crippen LogP contribution in [0.15, 0.2) is 42.5 Å². The maximum absolute atomic E-state index is 12.7. The minimum Gasteiger partial charge on any atom is -0.481 e. The van der Waals surface area contributed by atoms with Gasteiger partial charge in [0.2, 0.25) is 12.7 Å². The maximum atomic E-state index is 12.7. The van der Waals surface area contributed by atoms with Gasteiger partial charge in [-0.3, -0.25) is 9.59 Å². The minimum absolute atomic E-state index is 0.0371. The Kier molecular flexibility index (Phi) is 5.79. The smallest absolute Gasteiger partial charge is 0.263 e. The van der Waals surface area contributed by atoms with Gasteiger partial charge in [-0.1, -0.05) is 17.7 Å². The lowest BCUT2D eigenvalue weighted by Crippen LogP contribution is -2.46. The molecule has 2 aromatic rings. The lowest BCUT2D eigenvalue weighted by atomic mass is 9.95. The highest BCUT2D eigenvalue weighted by Crippen LogP contribution is 2.34. The van der Waals surface area contributed by atoms with Crippen LogP contribution in [0.1, 0.15) is 25.3 Å². The lowest BCUT2D eigenvalue weighted by Gasteiger charge is -2.33. The zero-order valence-electron chi connectivity index (χ0n) is 17.2. The number of hydrogen-bond acceptors (Lipinski definition) is 5. The topological polar surface area (TPSA) is 77.1 Å². The van der Waals surface area contributed by atoms with Crippen molar-refractivity contribution in [1.82, 2.24) is 4.90 Å². The van der Waals surface area contributed by atoms with Crippen LogP contribution in [0.25, 0.3) is 0 Å². The van der Waals surface area contributed by atoms with Crippen LogP contribution in [0.2, 0.25) is 0 Å². The number of anilines is 1. The molecule has 2 aliphatic rings. The second-order valence-corrected chi connectivity index (χ2v) is 7.73. The van der Waals surface area contributed by atoms with Gasteiger partial charge in [0.25, 0.3) is 5.91 Å². The Morgan fingerprint density at radius 3 is 2.50 bits per heavy atom. The van der Waals surface area contributed by atoms with E-state index >= 15 is 0 Å². The standard InChI is InChI=1S/C23H26N2O5/c1-15-3-6-19(7-4-15)30-16(2)23(27)25-11-9-17(10-12-25)22(26)24-18-5-8-20-21(13-18)29-14-28-20/h3-8,13,16-17H,9-12,14H2,1-2H3,(H,24,26)/t16-/m1/s1. The van der Waals surface area contributed by atoms with E-state index in [-0.39, 0.29) is 24.5 Å². The van der Waals surface area contributed by atoms with Gasteiger partial charge < -0.3 is 24.4 Å². The Hall–Kier alpha value is -3.22. The summed E-state index contributed by atoms with van der Waals surface area (Å²) in [6.45, 7) is 5.05. The molecule has 1 atom stereocenters. The fourth-order valence-electron chi connectivity index (χ4n) is 3.71. The first-order valence-corrected chi connectivity index (χ1v) is 10.2. The lowest BCUT2D eigenvalue weighted by molar-refractivity contribution is -0.140. The van der Waals surface area contributed by atoms with Crippen LogP contribution in [0, 0.1) is 12.8 Å². The molecule has 2 aliphatic heterocycles. The van der Waals surface area contributed by atoms with E-state index in [1.807, 2.05) is 31.2 Å². The van der Waals surface area contributed by atoms with Crippen LogP contribution in [0.5, 0.6) is 17.2 Å². The van der Waals surface area contributed by atoms with Gasteiger partial charge in [-0.2, -0.15) is 0 Å². The van der Waals surface area contributed by atoms with Gasteiger partial charge in [0.05, 0.1) is 0 Å². The van der Waals surface area contributed by atoms with Crippen LogP contribution in [-0.4, -0.2) is 42.7 Å². The molecule has 30 heavy (non-hydrogen) atoms. The summed E-state index contributed by atoms with van der Waals surface area (Å²) in [7, 11) is 0. The molecule has 2 aromatic carbocycles. The first-order chi connectivity index (χ1) is 14.5. The zero-order chi connectivity index (χ0) is 21.1. The Bertz CT molecular complexity index is 920. The quantitative estimate of drug-likeness (QED) is 0.818. The summed E-state index contributed by atoms with van der Waals surface area (Å²) >= 11 is 0. The van der Waals surface area contributed by atoms with Crippen molar-refractivity contribution in [3.8, 4) is 17.2 Å². The number of nitrogens with one attached hydrogen (secondary N) is 1. The van der Waals surface area contributed by atoms with E-state index < -0.39 is 6.10 Å². The van der Waals surface area contributed by atoms with Gasteiger partial charge in [-0.15, -0.1) is 0 Å². The number of fused-ring (bicyclic) bond motifs is 1. The number of ether oxygens (including phenoxy) is 3. The Morgan fingerprint density at radius 2 is 1.77 bits per heavy atom. The molecular formula is C23H26N2O5. The van der Waals surface area contributed by atoms with Crippen molar-refractivity contribution < 1.29 is 23.8 Å². The Labute approximate surface area is 175 Å². The van der Waals surface area contributed by atoms with E-state index in [4.69, 9.17) is 14.2 Å². The van der Waals surface area contributed by atoms with Crippen molar-refractivity contribution in [1.29, 1.82) is 0 Å². The molecular weight excluding hydrogens is 384 g/mol. The van der Waals surface area contributed by atoms with E-state index in [1.54, 1.807) is 30.0 Å². The number of nitrogens with zero attached hydrogens (tertiary/aromatic N) is 1. The van der Waals surface area contributed by atoms with Gasteiger partial charge >= 0.3 is 0 Å². The fourth-order valence-corrected chi connectivity index (χ4v) is 3.71. The molecule has 0 unspecified atom stereocenters. The number of carbonyl (C=O) groups excluding carboxylic acids is 2. The summed E-state index contributed by atoms with van der Waals surface area (Å²) in [5.74, 6) is 1.78. The molecule has 7 nitrogen and oxygen atoms in total. The monoisotopic (exact) mass is 410 g/mol. The average molecular weight is 410 g/mol. The molecule has 1 fully saturated rings. The van der Waals surface area contributed by atoms with Crippen molar-refractivity contribution in [2.24, 2.45) is 5.92 Å². The molecule has 2 heterocycles. The maximum Gasteiger partial charge on any atom is 0.263 e. The molecule has 1 N–H and O–H groups in total. The number of piperidine rings is 1. The van der Waals surface area contributed by atoms with Crippen molar-refractivity contribution in [2.75, 3.05) is 25.2 Å². The molecule has 0 spiro atoms. The van der Waals surface area contributed by atoms with Crippen molar-refractivity contribution >= 4 is 17.5 Å². The highest BCUT2D eigenvalue weighted by atomic mass is 16.7. The molecule has 0 aliphatic carbocycles. The first kappa shape index (κ1) is 20.1. The largest absolute Gasteiger partial charge is 0.481 e. The minimum atomic E-state index is -0.563. The van der Waals surface area contributed by atoms with Crippen LogP contribution in [-0.2, 0) is 9.59 Å². The van der Waals surface area contributed by atoms with Crippen LogP contribution >= 0.6 is 0 Å². The number of aryl methyl sites for hydroxylation is 1. The number of benzene rings is 2. The van der Waals surface area contributed by atoms with Crippen LogP contribution in [0.3, 0.4) is 0 Å². The van der Waals surface area contributed by atoms with Gasteiger partial charge in [-0.25, -0.2) is 0 Å². The number of rotatable bonds is 5. The molecule has 7 heteroatoms. The predicted molar refractivity (Wildman–Crippen MR) is 112 cm³/mol. The third kappa shape index (κ3) is 4.50. The number of likely N-dealkylation sites (tertiary alicyclic amines) is 1. The van der Waals surface area contributed by atoms with Crippen molar-refractivity contribution in [2.45, 2.75) is 32.8 Å². The fraction of sp³-hybridized carbons (Fsp3) is 0.391. The molecule has 0 saturated carbocycles. The van der Waals surface area contributed by atoms with Gasteiger partial charge in [0, 0.05) is 30.8 Å². The third-order valence-electron chi connectivity index (χ3n) is 5.50. The van der Waals surface area contributed by atoms with Crippen LogP contribution < -0.4 is 19.5 Å². The average Bonchev–Trinajstić information content (AvgIpc) is 3.23. The van der Waals surface area contributed by atoms with E-state index in [0.717, 1.165) is 5.56 Å². The SMILES string of the molecule is Cc1ccc(O[C@H](C)C(=O)N2CCC(C(=O)Nc3ccc4c(c3)OCO4)CC2)cc1. The van der Waals surface area contributed by atoms with E-state index in [0.29, 0.717) is 48.9 Å². The highest BCUT2D eigenvalue weighted by Gasteiger charge is 2.30. The predicted octanol–water partition coefficient (Wildman–Crippen LogP) is 3.37. The van der Waals surface area contributed by atoms with Gasteiger partial charge in [0.1, 0.15) is 5.75 Å². The van der Waals surface area contributed by atoms with E-state index in [9.17, 15) is 9.59 Å². The molecule has 2 amide bonds. The van der Waals surface area contributed by atoms with Gasteiger partial charge in [-0.05, 0) is 51.0 Å². The summed E-state index contributed by atoms with van der Waals surface area (Å²) in [6, 6.07) is 13.0. The molecule has 0 radical (unpaired) electrons. The normalized spacial score (nSPS) is 16.8. The van der Waals surface area contributed by atoms with Crippen molar-refractivity contribution in [3.63, 3.8) is 0 Å². The van der Waals surface area contributed by atoms with Gasteiger partial charge in [0.15, 0.2) is 17.6 Å². The molecule has 158 valence electrons. The highest BCUT2D eigenvalue weighted by molar-refractivity contribution is 5.93. The summed E-state index contributed by atoms with van der Waals surface area (Å²) in [5, 5.41) is 2.94. The Balaban J connectivity index is 1.27. The molecule has 1 saturated heterocycles. The summed E-state index contributed by atoms with van der Waals surface area (Å²) < 4.78 is 16.4. The first-order valence-electron chi connectivity index (χ1n) is 10.2. The second-order valence-electron chi connectivity index (χ2n) is 7.73. The second kappa shape index (κ2) is 8.65. The zero-order valence-corrected chi connectivity index (χ0v) is 17.2. The van der Waals surface area contributed by atoms with Crippen molar-refractivity contribution in [3.05, 3.63) is 48.0 Å². The summed E-state index contributed by atoms with van der Waals surface area (Å²) in [5.41, 5.74) is 1.82. The summed E-state index contributed by atoms with van der Waals surface area (Å²) in [6.07, 6.45) is 0.686. The van der Waals surface area contributed by atoms with E-state index in [2.05, 4.69) is 5.32 Å². The Morgan fingerprint density at radius 1 is 1.07 bits per heavy atom. The molecule has 4 rings (SSSR count). The summed E-state index contributed by atoms with van der Waals surface area (Å²) in [4.78, 5) is 27.1. The third-order valence-corrected chi connectivity index (χ3v) is 5.50. The van der Waals surface area contributed by atoms with Crippen LogP contribution in [0.4, 0.5) is 5.69 Å². The number of amides is 2.